The van der Waals surface area contributed by atoms with Gasteiger partial charge in [0.1, 0.15) is 0 Å². The normalized spacial score (nSPS) is 25.2. The Morgan fingerprint density at radius 2 is 1.84 bits per heavy atom. The molecule has 1 amide bonds. The molecule has 0 heterocycles. The van der Waals surface area contributed by atoms with E-state index in [0.717, 1.165) is 45.1 Å². The zero-order valence-corrected chi connectivity index (χ0v) is 15.4. The van der Waals surface area contributed by atoms with Crippen LogP contribution in [0.3, 0.4) is 0 Å². The second-order valence-electron chi connectivity index (χ2n) is 7.84. The lowest BCUT2D eigenvalue weighted by Gasteiger charge is -2.38. The largest absolute Gasteiger partial charge is 0.376 e. The summed E-state index contributed by atoms with van der Waals surface area (Å²) < 4.78 is 5.89. The smallest absolute Gasteiger partial charge is 0.239 e. The minimum atomic E-state index is -0.322. The predicted molar refractivity (Wildman–Crippen MR) is 99.9 cm³/mol. The maximum absolute atomic E-state index is 12.6. The summed E-state index contributed by atoms with van der Waals surface area (Å²) in [4.78, 5) is 14.5. The lowest BCUT2D eigenvalue weighted by molar-refractivity contribution is -0.136. The van der Waals surface area contributed by atoms with Gasteiger partial charge in [0.2, 0.25) is 5.91 Å². The van der Waals surface area contributed by atoms with Crippen LogP contribution in [0.1, 0.15) is 50.5 Å². The van der Waals surface area contributed by atoms with Crippen molar-refractivity contribution in [2.45, 2.75) is 63.6 Å². The third-order valence-electron chi connectivity index (χ3n) is 6.12. The lowest BCUT2D eigenvalue weighted by atomic mass is 9.78. The molecule has 2 fully saturated rings. The van der Waals surface area contributed by atoms with Gasteiger partial charge in [-0.3, -0.25) is 4.79 Å². The lowest BCUT2D eigenvalue weighted by Crippen LogP contribution is -2.52. The molecule has 2 saturated carbocycles. The number of likely N-dealkylation sites (N-methyl/N-ethyl adjacent to an activating group) is 1. The van der Waals surface area contributed by atoms with Gasteiger partial charge >= 0.3 is 0 Å². The molecule has 138 valence electrons. The Kier molecular flexibility index (Phi) is 6.49. The van der Waals surface area contributed by atoms with Crippen molar-refractivity contribution < 1.29 is 9.53 Å². The zero-order valence-electron chi connectivity index (χ0n) is 15.4. The third kappa shape index (κ3) is 4.83. The van der Waals surface area contributed by atoms with Crippen LogP contribution in [0.15, 0.2) is 30.3 Å². The van der Waals surface area contributed by atoms with Gasteiger partial charge in [-0.15, -0.1) is 0 Å². The van der Waals surface area contributed by atoms with Crippen molar-refractivity contribution in [2.75, 3.05) is 13.7 Å². The van der Waals surface area contributed by atoms with Crippen molar-refractivity contribution in [3.63, 3.8) is 0 Å². The molecule has 0 unspecified atom stereocenters. The van der Waals surface area contributed by atoms with Gasteiger partial charge in [0.05, 0.1) is 12.6 Å². The number of rotatable bonds is 7. The Morgan fingerprint density at radius 3 is 2.44 bits per heavy atom. The van der Waals surface area contributed by atoms with Crippen LogP contribution in [0, 0.1) is 11.8 Å². The summed E-state index contributed by atoms with van der Waals surface area (Å²) in [5.41, 5.74) is 7.53. The van der Waals surface area contributed by atoms with Crippen LogP contribution >= 0.6 is 0 Å². The molecular formula is C21H32N2O2. The maximum atomic E-state index is 12.6. The second kappa shape index (κ2) is 8.81. The van der Waals surface area contributed by atoms with Gasteiger partial charge in [0.25, 0.3) is 0 Å². The van der Waals surface area contributed by atoms with Crippen LogP contribution in [0.4, 0.5) is 0 Å². The Bertz CT molecular complexity index is 536. The summed E-state index contributed by atoms with van der Waals surface area (Å²) in [7, 11) is 1.93. The Hall–Kier alpha value is -1.39. The quantitative estimate of drug-likeness (QED) is 0.825. The topological polar surface area (TPSA) is 55.6 Å². The minimum absolute atomic E-state index is 0.147. The van der Waals surface area contributed by atoms with Gasteiger partial charge in [-0.2, -0.15) is 0 Å². The van der Waals surface area contributed by atoms with Crippen molar-refractivity contribution in [2.24, 2.45) is 17.6 Å². The molecule has 1 aromatic carbocycles. The average Bonchev–Trinajstić information content (AvgIpc) is 2.60. The first kappa shape index (κ1) is 18.4. The standard InChI is InChI=1S/C21H32N2O2/c1-23(19-8-5-9-19)21(24)20(22)18-12-10-17(11-13-18)15-25-14-16-6-3-2-4-7-16/h2-4,6-7,17-20H,5,8-15,22H2,1H3/t17?,18?,20-/m0/s1. The van der Waals surface area contributed by atoms with E-state index in [1.165, 1.54) is 12.0 Å². The molecule has 0 aliphatic heterocycles. The summed E-state index contributed by atoms with van der Waals surface area (Å²) in [5, 5.41) is 0. The molecule has 0 aromatic heterocycles. The summed E-state index contributed by atoms with van der Waals surface area (Å²) in [6, 6.07) is 10.4. The first-order valence-electron chi connectivity index (χ1n) is 9.79. The molecule has 0 bridgehead atoms. The molecule has 0 spiro atoms. The van der Waals surface area contributed by atoms with E-state index in [4.69, 9.17) is 10.5 Å². The highest BCUT2D eigenvalue weighted by Gasteiger charge is 2.34. The van der Waals surface area contributed by atoms with E-state index in [-0.39, 0.29) is 11.9 Å². The van der Waals surface area contributed by atoms with Gasteiger partial charge in [-0.25, -0.2) is 0 Å². The summed E-state index contributed by atoms with van der Waals surface area (Å²) in [6.07, 6.45) is 7.85. The molecule has 1 aromatic rings. The fraction of sp³-hybridized carbons (Fsp3) is 0.667. The predicted octanol–water partition coefficient (Wildman–Crippen LogP) is 3.35. The monoisotopic (exact) mass is 344 g/mol. The first-order valence-corrected chi connectivity index (χ1v) is 9.79. The zero-order chi connectivity index (χ0) is 17.6. The van der Waals surface area contributed by atoms with E-state index in [1.54, 1.807) is 0 Å². The SMILES string of the molecule is CN(C(=O)[C@@H](N)C1CCC(COCc2ccccc2)CC1)C1CCC1. The molecule has 0 radical (unpaired) electrons. The van der Waals surface area contributed by atoms with Crippen LogP contribution in [-0.2, 0) is 16.1 Å². The number of nitrogens with zero attached hydrogens (tertiary/aromatic N) is 1. The molecule has 25 heavy (non-hydrogen) atoms. The molecule has 3 rings (SSSR count). The van der Waals surface area contributed by atoms with E-state index >= 15 is 0 Å². The molecule has 1 atom stereocenters. The number of nitrogens with two attached hydrogens (primary N) is 1. The third-order valence-corrected chi connectivity index (χ3v) is 6.12. The molecule has 2 aliphatic rings. The fourth-order valence-corrected chi connectivity index (χ4v) is 4.02. The molecule has 0 saturated heterocycles. The number of carbonyl (C=O) groups is 1. The molecule has 4 nitrogen and oxygen atoms in total. The van der Waals surface area contributed by atoms with E-state index in [0.29, 0.717) is 24.5 Å². The summed E-state index contributed by atoms with van der Waals surface area (Å²) in [5.74, 6) is 1.08. The van der Waals surface area contributed by atoms with Crippen molar-refractivity contribution in [3.8, 4) is 0 Å². The number of ether oxygens (including phenoxy) is 1. The van der Waals surface area contributed by atoms with Gasteiger partial charge in [0, 0.05) is 19.7 Å². The number of carbonyl (C=O) groups excluding carboxylic acids is 1. The van der Waals surface area contributed by atoms with Gasteiger partial charge in [0.15, 0.2) is 0 Å². The number of benzene rings is 1. The Labute approximate surface area is 151 Å². The Morgan fingerprint density at radius 1 is 1.16 bits per heavy atom. The highest BCUT2D eigenvalue weighted by atomic mass is 16.5. The summed E-state index contributed by atoms with van der Waals surface area (Å²) >= 11 is 0. The van der Waals surface area contributed by atoms with E-state index in [9.17, 15) is 4.79 Å². The minimum Gasteiger partial charge on any atom is -0.376 e. The van der Waals surface area contributed by atoms with Crippen LogP contribution in [-0.4, -0.2) is 36.5 Å². The van der Waals surface area contributed by atoms with E-state index in [2.05, 4.69) is 12.1 Å². The summed E-state index contributed by atoms with van der Waals surface area (Å²) in [6.45, 7) is 1.50. The number of amides is 1. The molecule has 2 aliphatic carbocycles. The fourth-order valence-electron chi connectivity index (χ4n) is 4.02. The van der Waals surface area contributed by atoms with Gasteiger partial charge < -0.3 is 15.4 Å². The van der Waals surface area contributed by atoms with Crippen molar-refractivity contribution >= 4 is 5.91 Å². The van der Waals surface area contributed by atoms with E-state index in [1.807, 2.05) is 30.1 Å². The van der Waals surface area contributed by atoms with Crippen LogP contribution < -0.4 is 5.73 Å². The van der Waals surface area contributed by atoms with Crippen molar-refractivity contribution in [1.82, 2.24) is 4.90 Å². The highest BCUT2D eigenvalue weighted by Crippen LogP contribution is 2.32. The van der Waals surface area contributed by atoms with Gasteiger partial charge in [-0.05, 0) is 62.3 Å². The van der Waals surface area contributed by atoms with E-state index < -0.39 is 0 Å². The highest BCUT2D eigenvalue weighted by molar-refractivity contribution is 5.82. The number of hydrogen-bond acceptors (Lipinski definition) is 3. The van der Waals surface area contributed by atoms with Crippen LogP contribution in [0.2, 0.25) is 0 Å². The second-order valence-corrected chi connectivity index (χ2v) is 7.84. The first-order chi connectivity index (χ1) is 12.1. The Balaban J connectivity index is 1.37. The molecular weight excluding hydrogens is 312 g/mol. The van der Waals surface area contributed by atoms with Crippen molar-refractivity contribution in [3.05, 3.63) is 35.9 Å². The molecule has 4 heteroatoms. The molecule has 2 N–H and O–H groups in total. The average molecular weight is 344 g/mol. The number of hydrogen-bond donors (Lipinski definition) is 1. The van der Waals surface area contributed by atoms with Crippen molar-refractivity contribution in [1.29, 1.82) is 0 Å². The van der Waals surface area contributed by atoms with Crippen LogP contribution in [0.25, 0.3) is 0 Å². The van der Waals surface area contributed by atoms with Gasteiger partial charge in [-0.1, -0.05) is 30.3 Å². The maximum Gasteiger partial charge on any atom is 0.239 e. The van der Waals surface area contributed by atoms with Crippen LogP contribution in [0.5, 0.6) is 0 Å².